The molecule has 6 heteroatoms. The van der Waals surface area contributed by atoms with Gasteiger partial charge in [0.1, 0.15) is 15.9 Å². The van der Waals surface area contributed by atoms with E-state index in [1.807, 2.05) is 24.3 Å². The number of esters is 1. The van der Waals surface area contributed by atoms with E-state index in [-0.39, 0.29) is 12.6 Å². The summed E-state index contributed by atoms with van der Waals surface area (Å²) in [7, 11) is 0. The number of ether oxygens (including phenoxy) is 1. The first-order chi connectivity index (χ1) is 8.56. The fraction of sp³-hybridized carbons (Fsp3) is 0.333. The minimum absolute atomic E-state index is 0.179. The Labute approximate surface area is 118 Å². The SMILES string of the molecule is O=C(OCc1nc2ccccc2s1)C1CC1(Cl)Cl. The number of benzene rings is 1. The summed E-state index contributed by atoms with van der Waals surface area (Å²) < 4.78 is 5.31. The molecule has 1 atom stereocenters. The minimum Gasteiger partial charge on any atom is -0.458 e. The maximum atomic E-state index is 11.6. The standard InChI is InChI=1S/C12H9Cl2NO2S/c13-12(14)5-7(12)11(16)17-6-10-15-8-3-1-2-4-9(8)18-10/h1-4,7H,5-6H2. The van der Waals surface area contributed by atoms with Crippen molar-refractivity contribution in [1.82, 2.24) is 4.98 Å². The molecule has 0 spiro atoms. The monoisotopic (exact) mass is 301 g/mol. The molecule has 0 saturated heterocycles. The van der Waals surface area contributed by atoms with Gasteiger partial charge in [-0.1, -0.05) is 12.1 Å². The number of thiazole rings is 1. The van der Waals surface area contributed by atoms with E-state index in [0.717, 1.165) is 15.2 Å². The van der Waals surface area contributed by atoms with E-state index < -0.39 is 10.3 Å². The fourth-order valence-electron chi connectivity index (χ4n) is 1.68. The number of rotatable bonds is 3. The number of hydrogen-bond acceptors (Lipinski definition) is 4. The topological polar surface area (TPSA) is 39.2 Å². The third-order valence-corrected chi connectivity index (χ3v) is 4.63. The van der Waals surface area contributed by atoms with Crippen LogP contribution in [0.3, 0.4) is 0 Å². The van der Waals surface area contributed by atoms with Crippen molar-refractivity contribution >= 4 is 50.7 Å². The van der Waals surface area contributed by atoms with Crippen molar-refractivity contribution in [2.24, 2.45) is 5.92 Å². The zero-order valence-corrected chi connectivity index (χ0v) is 11.6. The highest BCUT2D eigenvalue weighted by Crippen LogP contribution is 2.53. The van der Waals surface area contributed by atoms with Gasteiger partial charge in [0.05, 0.1) is 16.1 Å². The van der Waals surface area contributed by atoms with Crippen molar-refractivity contribution < 1.29 is 9.53 Å². The summed E-state index contributed by atoms with van der Waals surface area (Å²) in [6.07, 6.45) is 0.467. The fourth-order valence-corrected chi connectivity index (χ4v) is 3.05. The van der Waals surface area contributed by atoms with Crippen LogP contribution < -0.4 is 0 Å². The minimum atomic E-state index is -0.926. The van der Waals surface area contributed by atoms with Crippen LogP contribution in [0.1, 0.15) is 11.4 Å². The van der Waals surface area contributed by atoms with Crippen molar-refractivity contribution in [3.63, 3.8) is 0 Å². The van der Waals surface area contributed by atoms with E-state index >= 15 is 0 Å². The van der Waals surface area contributed by atoms with Gasteiger partial charge in [0, 0.05) is 0 Å². The number of hydrogen-bond donors (Lipinski definition) is 0. The van der Waals surface area contributed by atoms with Gasteiger partial charge in [0.25, 0.3) is 0 Å². The van der Waals surface area contributed by atoms with Crippen LogP contribution in [0.5, 0.6) is 0 Å². The number of nitrogens with zero attached hydrogens (tertiary/aromatic N) is 1. The molecule has 0 bridgehead atoms. The Kier molecular flexibility index (Phi) is 2.96. The third kappa shape index (κ3) is 2.32. The predicted molar refractivity (Wildman–Crippen MR) is 72.0 cm³/mol. The maximum absolute atomic E-state index is 11.6. The Morgan fingerprint density at radius 3 is 2.89 bits per heavy atom. The summed E-state index contributed by atoms with van der Waals surface area (Å²) in [5, 5.41) is 0.778. The number of carbonyl (C=O) groups is 1. The zero-order chi connectivity index (χ0) is 12.8. The van der Waals surface area contributed by atoms with Crippen LogP contribution in [0.4, 0.5) is 0 Å². The van der Waals surface area contributed by atoms with E-state index in [2.05, 4.69) is 4.98 Å². The first-order valence-electron chi connectivity index (χ1n) is 5.45. The van der Waals surface area contributed by atoms with Gasteiger partial charge in [-0.25, -0.2) is 4.98 Å². The molecule has 1 aliphatic carbocycles. The number of fused-ring (bicyclic) bond motifs is 1. The van der Waals surface area contributed by atoms with E-state index in [9.17, 15) is 4.79 Å². The van der Waals surface area contributed by atoms with Crippen molar-refractivity contribution in [2.45, 2.75) is 17.4 Å². The molecule has 1 aromatic carbocycles. The molecular formula is C12H9Cl2NO2S. The lowest BCUT2D eigenvalue weighted by Gasteiger charge is -2.01. The lowest BCUT2D eigenvalue weighted by Crippen LogP contribution is -2.10. The van der Waals surface area contributed by atoms with Crippen LogP contribution in [-0.2, 0) is 16.1 Å². The van der Waals surface area contributed by atoms with Gasteiger partial charge in [-0.2, -0.15) is 0 Å². The van der Waals surface area contributed by atoms with E-state index in [1.165, 1.54) is 11.3 Å². The van der Waals surface area contributed by atoms with Gasteiger partial charge in [0.15, 0.2) is 0 Å². The van der Waals surface area contributed by atoms with Gasteiger partial charge in [-0.15, -0.1) is 34.5 Å². The highest BCUT2D eigenvalue weighted by Gasteiger charge is 2.57. The first-order valence-corrected chi connectivity index (χ1v) is 7.02. The summed E-state index contributed by atoms with van der Waals surface area (Å²) in [5.41, 5.74) is 0.920. The highest BCUT2D eigenvalue weighted by molar-refractivity contribution is 7.18. The molecule has 0 radical (unpaired) electrons. The molecule has 1 heterocycles. The molecule has 18 heavy (non-hydrogen) atoms. The van der Waals surface area contributed by atoms with E-state index in [0.29, 0.717) is 6.42 Å². The average molecular weight is 302 g/mol. The summed E-state index contributed by atoms with van der Waals surface area (Å²) in [6.45, 7) is 0.179. The number of aromatic nitrogens is 1. The summed E-state index contributed by atoms with van der Waals surface area (Å²) in [6, 6.07) is 7.80. The Morgan fingerprint density at radius 1 is 1.50 bits per heavy atom. The lowest BCUT2D eigenvalue weighted by atomic mass is 10.3. The van der Waals surface area contributed by atoms with Crippen LogP contribution in [0, 0.1) is 5.92 Å². The molecule has 0 aliphatic heterocycles. The van der Waals surface area contributed by atoms with Crippen LogP contribution >= 0.6 is 34.5 Å². The Hall–Kier alpha value is -0.840. The van der Waals surface area contributed by atoms with E-state index in [1.54, 1.807) is 0 Å². The molecule has 2 aromatic rings. The number of alkyl halides is 2. The van der Waals surface area contributed by atoms with Crippen molar-refractivity contribution in [2.75, 3.05) is 0 Å². The molecule has 0 amide bonds. The molecule has 1 unspecified atom stereocenters. The lowest BCUT2D eigenvalue weighted by molar-refractivity contribution is -0.146. The van der Waals surface area contributed by atoms with Gasteiger partial charge >= 0.3 is 5.97 Å². The first kappa shape index (κ1) is 12.2. The molecule has 0 N–H and O–H groups in total. The molecule has 1 aliphatic rings. The Bertz CT molecular complexity index is 578. The quantitative estimate of drug-likeness (QED) is 0.643. The zero-order valence-electron chi connectivity index (χ0n) is 9.23. The summed E-state index contributed by atoms with van der Waals surface area (Å²) in [4.78, 5) is 16.0. The average Bonchev–Trinajstić information content (AvgIpc) is 2.82. The second-order valence-corrected chi connectivity index (χ2v) is 6.86. The molecule has 94 valence electrons. The number of carbonyl (C=O) groups excluding carboxylic acids is 1. The molecule has 3 nitrogen and oxygen atoms in total. The van der Waals surface area contributed by atoms with Crippen molar-refractivity contribution in [3.05, 3.63) is 29.3 Å². The predicted octanol–water partition coefficient (Wildman–Crippen LogP) is 3.53. The Balaban J connectivity index is 1.65. The second kappa shape index (κ2) is 4.37. The van der Waals surface area contributed by atoms with Crippen LogP contribution in [-0.4, -0.2) is 15.3 Å². The van der Waals surface area contributed by atoms with Crippen LogP contribution in [0.2, 0.25) is 0 Å². The number of halogens is 2. The summed E-state index contributed by atoms with van der Waals surface area (Å²) in [5.74, 6) is -0.741. The van der Waals surface area contributed by atoms with Gasteiger partial charge in [-0.3, -0.25) is 4.79 Å². The van der Waals surface area contributed by atoms with E-state index in [4.69, 9.17) is 27.9 Å². The van der Waals surface area contributed by atoms with Gasteiger partial charge < -0.3 is 4.74 Å². The van der Waals surface area contributed by atoms with Crippen LogP contribution in [0.15, 0.2) is 24.3 Å². The van der Waals surface area contributed by atoms with Crippen molar-refractivity contribution in [1.29, 1.82) is 0 Å². The molecule has 3 rings (SSSR count). The van der Waals surface area contributed by atoms with Crippen LogP contribution in [0.25, 0.3) is 10.2 Å². The third-order valence-electron chi connectivity index (χ3n) is 2.79. The Morgan fingerprint density at radius 2 is 2.22 bits per heavy atom. The molecule has 1 aromatic heterocycles. The molecule has 1 fully saturated rings. The van der Waals surface area contributed by atoms with Gasteiger partial charge in [-0.05, 0) is 18.6 Å². The summed E-state index contributed by atoms with van der Waals surface area (Å²) >= 11 is 13.1. The largest absolute Gasteiger partial charge is 0.458 e. The second-order valence-electron chi connectivity index (χ2n) is 4.20. The normalized spacial score (nSPS) is 20.9. The smallest absolute Gasteiger partial charge is 0.312 e. The highest BCUT2D eigenvalue weighted by atomic mass is 35.5. The number of para-hydroxylation sites is 1. The molecular weight excluding hydrogens is 293 g/mol. The van der Waals surface area contributed by atoms with Gasteiger partial charge in [0.2, 0.25) is 0 Å². The molecule has 1 saturated carbocycles. The maximum Gasteiger partial charge on any atom is 0.312 e. The van der Waals surface area contributed by atoms with Crippen molar-refractivity contribution in [3.8, 4) is 0 Å².